The molecule has 13 heavy (non-hydrogen) atoms. The molecule has 0 aromatic rings. The Hall–Kier alpha value is -0.0000000000000000555. The van der Waals surface area contributed by atoms with Crippen LogP contribution in [0.5, 0.6) is 0 Å². The zero-order valence-corrected chi connectivity index (χ0v) is 9.83. The molecule has 0 unspecified atom stereocenters. The molecule has 0 aliphatic rings. The molecule has 76 valence electrons. The normalized spacial score (nSPS) is 10.9. The van der Waals surface area contributed by atoms with Crippen LogP contribution >= 0.6 is 24.1 Å². The summed E-state index contributed by atoms with van der Waals surface area (Å²) in [6.07, 6.45) is 0. The minimum absolute atomic E-state index is 0.0657. The van der Waals surface area contributed by atoms with E-state index in [1.165, 1.54) is 0 Å². The predicted molar refractivity (Wildman–Crippen MR) is 56.0 cm³/mol. The van der Waals surface area contributed by atoms with Crippen molar-refractivity contribution >= 4 is 34.3 Å². The van der Waals surface area contributed by atoms with Crippen molar-refractivity contribution < 1.29 is 13.2 Å². The van der Waals surface area contributed by atoms with Crippen molar-refractivity contribution in [2.45, 2.75) is 27.7 Å². The van der Waals surface area contributed by atoms with Gasteiger partial charge in [0.2, 0.25) is 10.2 Å². The molecule has 0 spiro atoms. The van der Waals surface area contributed by atoms with Crippen LogP contribution in [0.2, 0.25) is 0 Å². The van der Waals surface area contributed by atoms with Gasteiger partial charge in [0.1, 0.15) is 0 Å². The fraction of sp³-hybridized carbons (Fsp3) is 0.750. The maximum atomic E-state index is 11.0. The van der Waals surface area contributed by atoms with E-state index in [2.05, 4.69) is 0 Å². The van der Waals surface area contributed by atoms with E-state index in [0.717, 1.165) is 24.1 Å². The molecule has 3 nitrogen and oxygen atoms in total. The molecule has 0 heterocycles. The van der Waals surface area contributed by atoms with E-state index < -0.39 is 0 Å². The highest BCUT2D eigenvalue weighted by Crippen LogP contribution is 2.22. The van der Waals surface area contributed by atoms with Crippen molar-refractivity contribution in [2.24, 2.45) is 11.8 Å². The van der Waals surface area contributed by atoms with Gasteiger partial charge in [0.15, 0.2) is 0 Å². The molecule has 0 saturated heterocycles. The summed E-state index contributed by atoms with van der Waals surface area (Å²) >= 11 is 1.47. The first kappa shape index (κ1) is 13.0. The average Bonchev–Trinajstić information content (AvgIpc) is 2.03. The number of rotatable bonds is 4. The van der Waals surface area contributed by atoms with Crippen LogP contribution in [-0.4, -0.2) is 10.2 Å². The molecule has 5 heteroatoms. The Balaban J connectivity index is 3.57. The van der Waals surface area contributed by atoms with Crippen LogP contribution in [0.25, 0.3) is 0 Å². The Kier molecular flexibility index (Phi) is 6.45. The van der Waals surface area contributed by atoms with Crippen LogP contribution in [0.4, 0.5) is 0 Å². The Morgan fingerprint density at radius 1 is 0.923 bits per heavy atom. The van der Waals surface area contributed by atoms with E-state index >= 15 is 0 Å². The van der Waals surface area contributed by atoms with Crippen LogP contribution in [0.1, 0.15) is 27.7 Å². The van der Waals surface area contributed by atoms with E-state index in [9.17, 15) is 9.59 Å². The third kappa shape index (κ3) is 6.12. The molecule has 0 radical (unpaired) electrons. The smallest absolute Gasteiger partial charge is 0.219 e. The minimum Gasteiger partial charge on any atom is -0.284 e. The summed E-state index contributed by atoms with van der Waals surface area (Å²) in [5.74, 6) is -0.139. The molecular weight excluding hydrogens is 208 g/mol. The van der Waals surface area contributed by atoms with E-state index in [1.807, 2.05) is 0 Å². The van der Waals surface area contributed by atoms with Crippen molar-refractivity contribution in [3.05, 3.63) is 0 Å². The number of hydrogen-bond donors (Lipinski definition) is 0. The van der Waals surface area contributed by atoms with Gasteiger partial charge in [-0.3, -0.25) is 9.59 Å². The van der Waals surface area contributed by atoms with Crippen molar-refractivity contribution in [1.82, 2.24) is 0 Å². The molecule has 0 bridgehead atoms. The first-order valence-corrected chi connectivity index (χ1v) is 5.52. The highest BCUT2D eigenvalue weighted by Gasteiger charge is 2.13. The molecule has 0 aliphatic heterocycles. The van der Waals surface area contributed by atoms with Crippen LogP contribution in [0.3, 0.4) is 0 Å². The molecule has 0 atom stereocenters. The molecule has 0 N–H and O–H groups in total. The third-order valence-corrected chi connectivity index (χ3v) is 2.99. The fourth-order valence-electron chi connectivity index (χ4n) is 0.277. The van der Waals surface area contributed by atoms with Gasteiger partial charge in [-0.05, 0) is 0 Å². The van der Waals surface area contributed by atoms with E-state index in [0.29, 0.717) is 0 Å². The predicted octanol–water partition coefficient (Wildman–Crippen LogP) is 2.66. The third-order valence-electron chi connectivity index (χ3n) is 1.18. The lowest BCUT2D eigenvalue weighted by Gasteiger charge is -2.03. The summed E-state index contributed by atoms with van der Waals surface area (Å²) in [5.41, 5.74) is 0. The molecule has 0 aromatic heterocycles. The summed E-state index contributed by atoms with van der Waals surface area (Å²) < 4.78 is 4.81. The summed E-state index contributed by atoms with van der Waals surface area (Å²) in [6, 6.07) is 0. The van der Waals surface area contributed by atoms with Crippen molar-refractivity contribution in [3.63, 3.8) is 0 Å². The van der Waals surface area contributed by atoms with E-state index in [-0.39, 0.29) is 22.1 Å². The van der Waals surface area contributed by atoms with E-state index in [4.69, 9.17) is 3.63 Å². The quantitative estimate of drug-likeness (QED) is 0.684. The van der Waals surface area contributed by atoms with E-state index in [1.54, 1.807) is 27.7 Å². The largest absolute Gasteiger partial charge is 0.284 e. The Bertz CT molecular complexity index is 170. The van der Waals surface area contributed by atoms with Crippen LogP contribution in [0, 0.1) is 11.8 Å². The first-order chi connectivity index (χ1) is 5.95. The Morgan fingerprint density at radius 3 is 1.46 bits per heavy atom. The summed E-state index contributed by atoms with van der Waals surface area (Å²) in [5, 5.41) is -0.131. The number of hydrogen-bond acceptors (Lipinski definition) is 5. The SMILES string of the molecule is CC(C)C(=O)SOSC(=O)C(C)C. The van der Waals surface area contributed by atoms with Crippen molar-refractivity contribution in [1.29, 1.82) is 0 Å². The van der Waals surface area contributed by atoms with Crippen molar-refractivity contribution in [3.8, 4) is 0 Å². The van der Waals surface area contributed by atoms with Gasteiger partial charge in [0.25, 0.3) is 0 Å². The van der Waals surface area contributed by atoms with Gasteiger partial charge in [-0.1, -0.05) is 27.7 Å². The second-order valence-electron chi connectivity index (χ2n) is 3.18. The molecule has 0 fully saturated rings. The maximum absolute atomic E-state index is 11.0. The monoisotopic (exact) mass is 222 g/mol. The Labute approximate surface area is 87.4 Å². The topological polar surface area (TPSA) is 43.4 Å². The lowest BCUT2D eigenvalue weighted by Crippen LogP contribution is -2.04. The van der Waals surface area contributed by atoms with Crippen LogP contribution in [0.15, 0.2) is 0 Å². The number of carbonyl (C=O) groups is 2. The fourth-order valence-corrected chi connectivity index (χ4v) is 1.33. The van der Waals surface area contributed by atoms with Crippen LogP contribution < -0.4 is 0 Å². The van der Waals surface area contributed by atoms with Gasteiger partial charge in [-0.2, -0.15) is 0 Å². The highest BCUT2D eigenvalue weighted by atomic mass is 32.2. The van der Waals surface area contributed by atoms with Gasteiger partial charge in [0.05, 0.1) is 24.1 Å². The zero-order valence-electron chi connectivity index (χ0n) is 8.20. The molecular formula is C8H14O3S2. The maximum Gasteiger partial charge on any atom is 0.219 e. The van der Waals surface area contributed by atoms with Crippen molar-refractivity contribution in [2.75, 3.05) is 0 Å². The molecule has 0 saturated carbocycles. The summed E-state index contributed by atoms with van der Waals surface area (Å²) in [6.45, 7) is 7.14. The van der Waals surface area contributed by atoms with Crippen LogP contribution in [-0.2, 0) is 13.2 Å². The number of carbonyl (C=O) groups excluding carboxylic acids is 2. The molecule has 0 rings (SSSR count). The zero-order chi connectivity index (χ0) is 10.4. The van der Waals surface area contributed by atoms with Gasteiger partial charge in [-0.25, -0.2) is 3.63 Å². The standard InChI is InChI=1S/C8H14O3S2/c1-5(2)7(9)12-11-13-8(10)6(3)4/h5-6H,1-4H3. The minimum atomic E-state index is -0.0697. The lowest BCUT2D eigenvalue weighted by molar-refractivity contribution is -0.114. The second-order valence-corrected chi connectivity index (χ2v) is 4.86. The summed E-state index contributed by atoms with van der Waals surface area (Å²) in [7, 11) is 0. The highest BCUT2D eigenvalue weighted by molar-refractivity contribution is 8.21. The van der Waals surface area contributed by atoms with Gasteiger partial charge >= 0.3 is 0 Å². The first-order valence-electron chi connectivity index (χ1n) is 4.04. The summed E-state index contributed by atoms with van der Waals surface area (Å²) in [4.78, 5) is 22.0. The van der Waals surface area contributed by atoms with Gasteiger partial charge in [0, 0.05) is 11.8 Å². The Morgan fingerprint density at radius 2 is 1.23 bits per heavy atom. The molecule has 0 amide bonds. The lowest BCUT2D eigenvalue weighted by atomic mass is 10.3. The van der Waals surface area contributed by atoms with Gasteiger partial charge in [-0.15, -0.1) is 0 Å². The van der Waals surface area contributed by atoms with Gasteiger partial charge < -0.3 is 0 Å². The average molecular weight is 222 g/mol. The second kappa shape index (κ2) is 6.45. The molecule has 0 aliphatic carbocycles. The molecule has 0 aromatic carbocycles.